The third-order valence-electron chi connectivity index (χ3n) is 4.34. The first-order chi connectivity index (χ1) is 12.0. The molecule has 0 aromatic heterocycles. The number of sulfonamides is 1. The second-order valence-corrected chi connectivity index (χ2v) is 7.94. The minimum atomic E-state index is -3.57. The molecular weight excluding hydrogens is 340 g/mol. The summed E-state index contributed by atoms with van der Waals surface area (Å²) in [6, 6.07) is 16.5. The fraction of sp³-hybridized carbons (Fsp3) is 0.333. The maximum atomic E-state index is 12.8. The number of ether oxygens (including phenoxy) is 1. The number of nitrogens with one attached hydrogen (secondary N) is 1. The normalized spacial score (nSPS) is 21.4. The van der Waals surface area contributed by atoms with Crippen molar-refractivity contribution in [1.82, 2.24) is 9.79 Å². The maximum absolute atomic E-state index is 12.8. The summed E-state index contributed by atoms with van der Waals surface area (Å²) in [6.07, 6.45) is 0. The molecular formula is C18H22N2O4S. The third kappa shape index (κ3) is 4.01. The number of hydrogen-bond donors (Lipinski definition) is 1. The monoisotopic (exact) mass is 362 g/mol. The SMILES string of the molecule is COc1cccc([C@H]2[C@H](S(=O)(=O)NCc3ccccc3)CON2C)c1. The van der Waals surface area contributed by atoms with Crippen LogP contribution in [0.3, 0.4) is 0 Å². The number of nitrogens with zero attached hydrogens (tertiary/aromatic N) is 1. The van der Waals surface area contributed by atoms with Crippen molar-refractivity contribution >= 4 is 10.0 Å². The molecule has 2 aromatic rings. The number of hydrogen-bond acceptors (Lipinski definition) is 5. The standard InChI is InChI=1S/C18H22N2O4S/c1-20-18(15-9-6-10-16(11-15)23-2)17(13-24-20)25(21,22)19-12-14-7-4-3-5-8-14/h3-11,17-19H,12-13H2,1-2H3/t17-,18+/m1/s1. The largest absolute Gasteiger partial charge is 0.497 e. The van der Waals surface area contributed by atoms with Crippen molar-refractivity contribution in [2.75, 3.05) is 20.8 Å². The van der Waals surface area contributed by atoms with E-state index < -0.39 is 21.3 Å². The summed E-state index contributed by atoms with van der Waals surface area (Å²) in [5.41, 5.74) is 1.76. The molecule has 25 heavy (non-hydrogen) atoms. The lowest BCUT2D eigenvalue weighted by molar-refractivity contribution is -0.110. The van der Waals surface area contributed by atoms with Crippen LogP contribution >= 0.6 is 0 Å². The van der Waals surface area contributed by atoms with Crippen LogP contribution in [-0.2, 0) is 21.4 Å². The van der Waals surface area contributed by atoms with Crippen molar-refractivity contribution < 1.29 is 18.0 Å². The summed E-state index contributed by atoms with van der Waals surface area (Å²) in [4.78, 5) is 5.52. The van der Waals surface area contributed by atoms with Gasteiger partial charge in [0.1, 0.15) is 11.0 Å². The van der Waals surface area contributed by atoms with E-state index in [2.05, 4.69) is 4.72 Å². The molecule has 134 valence electrons. The Morgan fingerprint density at radius 1 is 1.20 bits per heavy atom. The van der Waals surface area contributed by atoms with E-state index in [9.17, 15) is 8.42 Å². The second kappa shape index (κ2) is 7.53. The highest BCUT2D eigenvalue weighted by atomic mass is 32.2. The molecule has 7 heteroatoms. The van der Waals surface area contributed by atoms with Crippen LogP contribution in [0, 0.1) is 0 Å². The Hall–Kier alpha value is -1.93. The molecule has 0 amide bonds. The van der Waals surface area contributed by atoms with E-state index in [0.29, 0.717) is 5.75 Å². The van der Waals surface area contributed by atoms with Gasteiger partial charge in [-0.25, -0.2) is 13.1 Å². The van der Waals surface area contributed by atoms with E-state index in [-0.39, 0.29) is 13.2 Å². The Labute approximate surface area is 148 Å². The van der Waals surface area contributed by atoms with Gasteiger partial charge in [0.2, 0.25) is 10.0 Å². The molecule has 1 saturated heterocycles. The van der Waals surface area contributed by atoms with E-state index in [1.165, 1.54) is 0 Å². The molecule has 0 bridgehead atoms. The van der Waals surface area contributed by atoms with Gasteiger partial charge in [0, 0.05) is 13.6 Å². The number of benzene rings is 2. The molecule has 6 nitrogen and oxygen atoms in total. The van der Waals surface area contributed by atoms with Gasteiger partial charge >= 0.3 is 0 Å². The molecule has 1 fully saturated rings. The molecule has 1 aliphatic heterocycles. The highest BCUT2D eigenvalue weighted by Crippen LogP contribution is 2.34. The van der Waals surface area contributed by atoms with Crippen LogP contribution in [0.1, 0.15) is 17.2 Å². The van der Waals surface area contributed by atoms with Crippen molar-refractivity contribution in [3.63, 3.8) is 0 Å². The Morgan fingerprint density at radius 2 is 1.96 bits per heavy atom. The predicted molar refractivity (Wildman–Crippen MR) is 95.4 cm³/mol. The van der Waals surface area contributed by atoms with Crippen molar-refractivity contribution in [3.8, 4) is 5.75 Å². The molecule has 1 N–H and O–H groups in total. The summed E-state index contributed by atoms with van der Waals surface area (Å²) >= 11 is 0. The Bertz CT molecular complexity index is 811. The Kier molecular flexibility index (Phi) is 5.39. The summed E-state index contributed by atoms with van der Waals surface area (Å²) in [7, 11) is -0.232. The minimum absolute atomic E-state index is 0.114. The third-order valence-corrected chi connectivity index (χ3v) is 6.08. The quantitative estimate of drug-likeness (QED) is 0.852. The van der Waals surface area contributed by atoms with Crippen LogP contribution in [0.2, 0.25) is 0 Å². The van der Waals surface area contributed by atoms with Crippen LogP contribution in [0.4, 0.5) is 0 Å². The fourth-order valence-corrected chi connectivity index (χ4v) is 4.48. The van der Waals surface area contributed by atoms with Gasteiger partial charge in [-0.2, -0.15) is 5.06 Å². The first kappa shape index (κ1) is 17.9. The Morgan fingerprint density at radius 3 is 2.68 bits per heavy atom. The van der Waals surface area contributed by atoms with Gasteiger partial charge in [-0.3, -0.25) is 4.84 Å². The number of hydroxylamine groups is 2. The van der Waals surface area contributed by atoms with Gasteiger partial charge in [-0.05, 0) is 23.3 Å². The first-order valence-corrected chi connectivity index (χ1v) is 9.58. The van der Waals surface area contributed by atoms with Gasteiger partial charge in [0.25, 0.3) is 0 Å². The number of rotatable bonds is 6. The van der Waals surface area contributed by atoms with Gasteiger partial charge in [0.05, 0.1) is 19.8 Å². The zero-order valence-electron chi connectivity index (χ0n) is 14.3. The van der Waals surface area contributed by atoms with Crippen molar-refractivity contribution in [2.45, 2.75) is 17.8 Å². The van der Waals surface area contributed by atoms with Crippen LogP contribution in [0.15, 0.2) is 54.6 Å². The average Bonchev–Trinajstić information content (AvgIpc) is 3.03. The molecule has 1 aliphatic rings. The Balaban J connectivity index is 1.81. The maximum Gasteiger partial charge on any atom is 0.219 e. The summed E-state index contributed by atoms with van der Waals surface area (Å²) in [5, 5.41) is 0.898. The van der Waals surface area contributed by atoms with Crippen LogP contribution in [-0.4, -0.2) is 39.5 Å². The van der Waals surface area contributed by atoms with E-state index in [1.54, 1.807) is 19.2 Å². The lowest BCUT2D eigenvalue weighted by Gasteiger charge is -2.23. The van der Waals surface area contributed by atoms with Gasteiger partial charge < -0.3 is 4.74 Å². The second-order valence-electron chi connectivity index (χ2n) is 5.95. The van der Waals surface area contributed by atoms with Crippen LogP contribution < -0.4 is 9.46 Å². The molecule has 0 unspecified atom stereocenters. The van der Waals surface area contributed by atoms with E-state index in [1.807, 2.05) is 54.6 Å². The van der Waals surface area contributed by atoms with Crippen molar-refractivity contribution in [3.05, 3.63) is 65.7 Å². The molecule has 3 rings (SSSR count). The van der Waals surface area contributed by atoms with Crippen LogP contribution in [0.5, 0.6) is 5.75 Å². The zero-order valence-corrected chi connectivity index (χ0v) is 15.1. The average molecular weight is 362 g/mol. The van der Waals surface area contributed by atoms with Gasteiger partial charge in [-0.15, -0.1) is 0 Å². The minimum Gasteiger partial charge on any atom is -0.497 e. The van der Waals surface area contributed by atoms with Gasteiger partial charge in [0.15, 0.2) is 0 Å². The molecule has 2 atom stereocenters. The topological polar surface area (TPSA) is 67.9 Å². The molecule has 1 heterocycles. The smallest absolute Gasteiger partial charge is 0.219 e. The predicted octanol–water partition coefficient (Wildman–Crippen LogP) is 2.10. The highest BCUT2D eigenvalue weighted by Gasteiger charge is 2.43. The molecule has 0 radical (unpaired) electrons. The summed E-state index contributed by atoms with van der Waals surface area (Å²) in [6.45, 7) is 0.372. The molecule has 2 aromatic carbocycles. The molecule has 0 aliphatic carbocycles. The molecule has 0 saturated carbocycles. The summed E-state index contributed by atoms with van der Waals surface area (Å²) < 4.78 is 33.6. The van der Waals surface area contributed by atoms with Crippen molar-refractivity contribution in [2.24, 2.45) is 0 Å². The lowest BCUT2D eigenvalue weighted by atomic mass is 10.0. The van der Waals surface area contributed by atoms with E-state index in [4.69, 9.17) is 9.57 Å². The van der Waals surface area contributed by atoms with Gasteiger partial charge in [-0.1, -0.05) is 42.5 Å². The highest BCUT2D eigenvalue weighted by molar-refractivity contribution is 7.90. The van der Waals surface area contributed by atoms with Crippen molar-refractivity contribution in [1.29, 1.82) is 0 Å². The first-order valence-electron chi connectivity index (χ1n) is 8.03. The van der Waals surface area contributed by atoms with E-state index >= 15 is 0 Å². The van der Waals surface area contributed by atoms with E-state index in [0.717, 1.165) is 11.1 Å². The van der Waals surface area contributed by atoms with Crippen LogP contribution in [0.25, 0.3) is 0 Å². The number of methoxy groups -OCH3 is 1. The molecule has 0 spiro atoms. The fourth-order valence-electron chi connectivity index (χ4n) is 2.99. The summed E-state index contributed by atoms with van der Waals surface area (Å²) in [5.74, 6) is 0.686. The zero-order chi connectivity index (χ0) is 17.9. The lowest BCUT2D eigenvalue weighted by Crippen LogP contribution is -2.39.